The van der Waals surface area contributed by atoms with Crippen LogP contribution in [0.25, 0.3) is 6.08 Å². The number of methoxy groups -OCH3 is 1. The maximum Gasteiger partial charge on any atom is 0.330 e. The van der Waals surface area contributed by atoms with E-state index in [0.717, 1.165) is 5.56 Å². The highest BCUT2D eigenvalue weighted by molar-refractivity contribution is 5.87. The van der Waals surface area contributed by atoms with Gasteiger partial charge in [-0.05, 0) is 34.6 Å². The van der Waals surface area contributed by atoms with Gasteiger partial charge in [-0.3, -0.25) is 0 Å². The maximum absolute atomic E-state index is 11.2. The largest absolute Gasteiger partial charge is 0.466 e. The second-order valence-corrected chi connectivity index (χ2v) is 5.02. The van der Waals surface area contributed by atoms with Gasteiger partial charge >= 0.3 is 5.97 Å². The van der Waals surface area contributed by atoms with E-state index < -0.39 is 0 Å². The lowest BCUT2D eigenvalue weighted by atomic mass is 9.88. The first-order valence-corrected chi connectivity index (χ1v) is 6.36. The highest BCUT2D eigenvalue weighted by atomic mass is 16.5. The second-order valence-electron chi connectivity index (χ2n) is 5.02. The summed E-state index contributed by atoms with van der Waals surface area (Å²) < 4.78 is 4.65. The topological polar surface area (TPSA) is 26.3 Å². The van der Waals surface area contributed by atoms with E-state index in [-0.39, 0.29) is 5.97 Å². The average Bonchev–Trinajstić information content (AvgIpc) is 2.34. The van der Waals surface area contributed by atoms with Crippen LogP contribution in [0.5, 0.6) is 0 Å². The van der Waals surface area contributed by atoms with Crippen LogP contribution in [0, 0.1) is 0 Å². The molecule has 0 aliphatic heterocycles. The molecule has 2 nitrogen and oxygen atoms in total. The van der Waals surface area contributed by atoms with Gasteiger partial charge in [-0.15, -0.1) is 0 Å². The zero-order valence-electron chi connectivity index (χ0n) is 11.9. The Bertz CT molecular complexity index is 416. The fourth-order valence-electron chi connectivity index (χ4n) is 2.02. The van der Waals surface area contributed by atoms with Crippen LogP contribution in [0.15, 0.2) is 24.3 Å². The Hall–Kier alpha value is -1.57. The predicted molar refractivity (Wildman–Crippen MR) is 75.7 cm³/mol. The standard InChI is InChI=1S/C16H22O2/c1-11(2)13-7-6-8-14(12(3)4)15(13)9-10-16(17)18-5/h6-12H,1-5H3. The number of benzene rings is 1. The first kappa shape index (κ1) is 14.5. The van der Waals surface area contributed by atoms with Crippen LogP contribution in [-0.2, 0) is 9.53 Å². The minimum atomic E-state index is -0.316. The molecule has 2 heteroatoms. The van der Waals surface area contributed by atoms with Crippen molar-refractivity contribution in [3.05, 3.63) is 41.0 Å². The molecule has 0 aromatic heterocycles. The number of carbonyl (C=O) groups is 1. The molecule has 1 aromatic rings. The minimum Gasteiger partial charge on any atom is -0.466 e. The van der Waals surface area contributed by atoms with Gasteiger partial charge in [-0.25, -0.2) is 4.79 Å². The Morgan fingerprint density at radius 1 is 1.11 bits per heavy atom. The summed E-state index contributed by atoms with van der Waals surface area (Å²) in [6.45, 7) is 8.65. The quantitative estimate of drug-likeness (QED) is 0.590. The zero-order chi connectivity index (χ0) is 13.7. The molecule has 98 valence electrons. The highest BCUT2D eigenvalue weighted by Crippen LogP contribution is 2.28. The summed E-state index contributed by atoms with van der Waals surface area (Å²) in [5.41, 5.74) is 3.68. The van der Waals surface area contributed by atoms with Crippen molar-refractivity contribution in [3.8, 4) is 0 Å². The molecule has 0 saturated carbocycles. The normalized spacial score (nSPS) is 11.5. The molecular weight excluding hydrogens is 224 g/mol. The molecular formula is C16H22O2. The van der Waals surface area contributed by atoms with E-state index in [1.54, 1.807) is 0 Å². The van der Waals surface area contributed by atoms with Crippen molar-refractivity contribution in [1.29, 1.82) is 0 Å². The molecule has 0 bridgehead atoms. The first-order chi connectivity index (χ1) is 8.47. The van der Waals surface area contributed by atoms with Crippen molar-refractivity contribution < 1.29 is 9.53 Å². The molecule has 0 spiro atoms. The van der Waals surface area contributed by atoms with Gasteiger partial charge in [0.15, 0.2) is 0 Å². The van der Waals surface area contributed by atoms with Crippen LogP contribution < -0.4 is 0 Å². The summed E-state index contributed by atoms with van der Waals surface area (Å²) in [5.74, 6) is 0.547. The molecule has 0 fully saturated rings. The molecule has 0 radical (unpaired) electrons. The van der Waals surface area contributed by atoms with E-state index in [0.29, 0.717) is 11.8 Å². The lowest BCUT2D eigenvalue weighted by Gasteiger charge is -2.16. The van der Waals surface area contributed by atoms with E-state index in [1.165, 1.54) is 24.3 Å². The van der Waals surface area contributed by atoms with Crippen molar-refractivity contribution in [3.63, 3.8) is 0 Å². The third kappa shape index (κ3) is 3.46. The summed E-state index contributed by atoms with van der Waals surface area (Å²) >= 11 is 0. The van der Waals surface area contributed by atoms with Crippen LogP contribution in [0.1, 0.15) is 56.2 Å². The van der Waals surface area contributed by atoms with E-state index in [2.05, 4.69) is 50.6 Å². The van der Waals surface area contributed by atoms with Crippen LogP contribution in [0.4, 0.5) is 0 Å². The lowest BCUT2D eigenvalue weighted by Crippen LogP contribution is -2.00. The van der Waals surface area contributed by atoms with Gasteiger partial charge in [0.1, 0.15) is 0 Å². The van der Waals surface area contributed by atoms with Crippen molar-refractivity contribution in [2.45, 2.75) is 39.5 Å². The third-order valence-electron chi connectivity index (χ3n) is 3.00. The molecule has 0 amide bonds. The summed E-state index contributed by atoms with van der Waals surface area (Å²) in [6.07, 6.45) is 3.36. The second kappa shape index (κ2) is 6.39. The molecule has 0 aliphatic rings. The van der Waals surface area contributed by atoms with E-state index in [9.17, 15) is 4.79 Å². The molecule has 0 aliphatic carbocycles. The summed E-state index contributed by atoms with van der Waals surface area (Å²) in [6, 6.07) is 6.32. The van der Waals surface area contributed by atoms with Crippen LogP contribution in [0.2, 0.25) is 0 Å². The van der Waals surface area contributed by atoms with E-state index in [1.807, 2.05) is 6.08 Å². The van der Waals surface area contributed by atoms with Gasteiger partial charge in [-0.2, -0.15) is 0 Å². The molecule has 0 atom stereocenters. The Labute approximate surface area is 110 Å². The summed E-state index contributed by atoms with van der Waals surface area (Å²) in [4.78, 5) is 11.2. The van der Waals surface area contributed by atoms with Crippen molar-refractivity contribution in [2.24, 2.45) is 0 Å². The number of carbonyl (C=O) groups excluding carboxylic acids is 1. The Morgan fingerprint density at radius 3 is 2.00 bits per heavy atom. The summed E-state index contributed by atoms with van der Waals surface area (Å²) in [5, 5.41) is 0. The predicted octanol–water partition coefficient (Wildman–Crippen LogP) is 4.12. The van der Waals surface area contributed by atoms with Gasteiger partial charge in [0.25, 0.3) is 0 Å². The molecule has 18 heavy (non-hydrogen) atoms. The van der Waals surface area contributed by atoms with E-state index >= 15 is 0 Å². The van der Waals surface area contributed by atoms with Crippen molar-refractivity contribution in [2.75, 3.05) is 7.11 Å². The number of esters is 1. The third-order valence-corrected chi connectivity index (χ3v) is 3.00. The monoisotopic (exact) mass is 246 g/mol. The number of ether oxygens (including phenoxy) is 1. The Kier molecular flexibility index (Phi) is 5.14. The lowest BCUT2D eigenvalue weighted by molar-refractivity contribution is -0.134. The minimum absolute atomic E-state index is 0.316. The Balaban J connectivity index is 3.27. The van der Waals surface area contributed by atoms with Crippen molar-refractivity contribution >= 4 is 12.0 Å². The SMILES string of the molecule is COC(=O)C=Cc1c(C(C)C)cccc1C(C)C. The molecule has 0 heterocycles. The molecule has 1 aromatic carbocycles. The number of hydrogen-bond acceptors (Lipinski definition) is 2. The van der Waals surface area contributed by atoms with Crippen LogP contribution in [0.3, 0.4) is 0 Å². The van der Waals surface area contributed by atoms with Gasteiger partial charge < -0.3 is 4.74 Å². The maximum atomic E-state index is 11.2. The van der Waals surface area contributed by atoms with Gasteiger partial charge in [0.05, 0.1) is 7.11 Å². The smallest absolute Gasteiger partial charge is 0.330 e. The van der Waals surface area contributed by atoms with Gasteiger partial charge in [0.2, 0.25) is 0 Å². The van der Waals surface area contributed by atoms with Crippen molar-refractivity contribution in [1.82, 2.24) is 0 Å². The number of hydrogen-bond donors (Lipinski definition) is 0. The zero-order valence-corrected chi connectivity index (χ0v) is 11.9. The fraction of sp³-hybridized carbons (Fsp3) is 0.438. The first-order valence-electron chi connectivity index (χ1n) is 6.36. The van der Waals surface area contributed by atoms with Crippen LogP contribution in [-0.4, -0.2) is 13.1 Å². The van der Waals surface area contributed by atoms with Gasteiger partial charge in [-0.1, -0.05) is 45.9 Å². The molecule has 1 rings (SSSR count). The number of rotatable bonds is 4. The molecule has 0 N–H and O–H groups in total. The summed E-state index contributed by atoms with van der Waals surface area (Å²) in [7, 11) is 1.39. The van der Waals surface area contributed by atoms with E-state index in [4.69, 9.17) is 0 Å². The Morgan fingerprint density at radius 2 is 1.61 bits per heavy atom. The average molecular weight is 246 g/mol. The van der Waals surface area contributed by atoms with Crippen LogP contribution >= 0.6 is 0 Å². The molecule has 0 unspecified atom stereocenters. The van der Waals surface area contributed by atoms with Gasteiger partial charge in [0, 0.05) is 6.08 Å². The molecule has 0 saturated heterocycles. The highest BCUT2D eigenvalue weighted by Gasteiger charge is 2.11. The fourth-order valence-corrected chi connectivity index (χ4v) is 2.02.